The standard InChI is InChI=1S/C15H13Br2NO/c1-9-7-13(8-10(2)14(9)17)18-15(19)11-3-5-12(16)6-4-11/h3-8H,1-2H3,(H,18,19). The van der Waals surface area contributed by atoms with Gasteiger partial charge in [-0.2, -0.15) is 0 Å². The minimum atomic E-state index is -0.103. The fourth-order valence-electron chi connectivity index (χ4n) is 1.82. The van der Waals surface area contributed by atoms with Gasteiger partial charge >= 0.3 is 0 Å². The maximum absolute atomic E-state index is 12.1. The van der Waals surface area contributed by atoms with Gasteiger partial charge in [-0.3, -0.25) is 4.79 Å². The molecule has 98 valence electrons. The monoisotopic (exact) mass is 381 g/mol. The van der Waals surface area contributed by atoms with Crippen LogP contribution in [0.3, 0.4) is 0 Å². The van der Waals surface area contributed by atoms with E-state index in [4.69, 9.17) is 0 Å². The maximum Gasteiger partial charge on any atom is 0.255 e. The summed E-state index contributed by atoms with van der Waals surface area (Å²) in [6, 6.07) is 11.2. The van der Waals surface area contributed by atoms with Gasteiger partial charge in [0.05, 0.1) is 0 Å². The Hall–Kier alpha value is -1.13. The summed E-state index contributed by atoms with van der Waals surface area (Å²) in [5.41, 5.74) is 3.66. The number of aryl methyl sites for hydroxylation is 2. The largest absolute Gasteiger partial charge is 0.322 e. The van der Waals surface area contributed by atoms with E-state index >= 15 is 0 Å². The van der Waals surface area contributed by atoms with E-state index < -0.39 is 0 Å². The topological polar surface area (TPSA) is 29.1 Å². The van der Waals surface area contributed by atoms with E-state index in [9.17, 15) is 4.79 Å². The van der Waals surface area contributed by atoms with Gasteiger partial charge in [-0.25, -0.2) is 0 Å². The number of anilines is 1. The molecule has 0 aromatic heterocycles. The van der Waals surface area contributed by atoms with Gasteiger partial charge in [-0.15, -0.1) is 0 Å². The molecule has 0 atom stereocenters. The highest BCUT2D eigenvalue weighted by Gasteiger charge is 2.08. The predicted molar refractivity (Wildman–Crippen MR) is 85.7 cm³/mol. The molecule has 0 fully saturated rings. The highest BCUT2D eigenvalue weighted by molar-refractivity contribution is 9.10. The summed E-state index contributed by atoms with van der Waals surface area (Å²) in [6.45, 7) is 4.01. The van der Waals surface area contributed by atoms with Crippen molar-refractivity contribution < 1.29 is 4.79 Å². The molecule has 0 radical (unpaired) electrons. The molecule has 0 aliphatic heterocycles. The van der Waals surface area contributed by atoms with E-state index in [1.165, 1.54) is 0 Å². The summed E-state index contributed by atoms with van der Waals surface area (Å²) in [4.78, 5) is 12.1. The minimum absolute atomic E-state index is 0.103. The van der Waals surface area contributed by atoms with E-state index in [1.54, 1.807) is 12.1 Å². The van der Waals surface area contributed by atoms with Gasteiger partial charge < -0.3 is 5.32 Å². The van der Waals surface area contributed by atoms with Crippen LogP contribution in [0.5, 0.6) is 0 Å². The molecular weight excluding hydrogens is 370 g/mol. The molecule has 0 unspecified atom stereocenters. The van der Waals surface area contributed by atoms with Gasteiger partial charge in [0.1, 0.15) is 0 Å². The highest BCUT2D eigenvalue weighted by atomic mass is 79.9. The number of nitrogens with one attached hydrogen (secondary N) is 1. The van der Waals surface area contributed by atoms with Crippen molar-refractivity contribution in [2.24, 2.45) is 0 Å². The zero-order valence-corrected chi connectivity index (χ0v) is 13.8. The number of hydrogen-bond donors (Lipinski definition) is 1. The molecule has 0 saturated carbocycles. The second-order valence-corrected chi connectivity index (χ2v) is 6.09. The average molecular weight is 383 g/mol. The molecule has 1 amide bonds. The van der Waals surface area contributed by atoms with Crippen LogP contribution in [0.25, 0.3) is 0 Å². The number of halogens is 2. The number of rotatable bonds is 2. The minimum Gasteiger partial charge on any atom is -0.322 e. The smallest absolute Gasteiger partial charge is 0.255 e. The van der Waals surface area contributed by atoms with Crippen molar-refractivity contribution in [3.63, 3.8) is 0 Å². The quantitative estimate of drug-likeness (QED) is 0.770. The summed E-state index contributed by atoms with van der Waals surface area (Å²) in [6.07, 6.45) is 0. The zero-order valence-electron chi connectivity index (χ0n) is 10.6. The first-order chi connectivity index (χ1) is 8.97. The predicted octanol–water partition coefficient (Wildman–Crippen LogP) is 5.08. The SMILES string of the molecule is Cc1cc(NC(=O)c2ccc(Br)cc2)cc(C)c1Br. The molecule has 0 heterocycles. The third-order valence-electron chi connectivity index (χ3n) is 2.80. The van der Waals surface area contributed by atoms with Crippen molar-refractivity contribution in [3.05, 3.63) is 62.0 Å². The zero-order chi connectivity index (χ0) is 14.0. The molecule has 2 aromatic carbocycles. The van der Waals surface area contributed by atoms with Gasteiger partial charge in [-0.1, -0.05) is 31.9 Å². The van der Waals surface area contributed by atoms with Crippen molar-refractivity contribution >= 4 is 43.5 Å². The van der Waals surface area contributed by atoms with Gasteiger partial charge in [0.15, 0.2) is 0 Å². The lowest BCUT2D eigenvalue weighted by molar-refractivity contribution is 0.102. The van der Waals surface area contributed by atoms with E-state index in [-0.39, 0.29) is 5.91 Å². The van der Waals surface area contributed by atoms with Crippen LogP contribution in [0.4, 0.5) is 5.69 Å². The van der Waals surface area contributed by atoms with Crippen molar-refractivity contribution in [1.29, 1.82) is 0 Å². The van der Waals surface area contributed by atoms with Gasteiger partial charge in [0.2, 0.25) is 0 Å². The Morgan fingerprint density at radius 3 is 2.05 bits per heavy atom. The van der Waals surface area contributed by atoms with Crippen LogP contribution >= 0.6 is 31.9 Å². The van der Waals surface area contributed by atoms with E-state index in [1.807, 2.05) is 38.1 Å². The summed E-state index contributed by atoms with van der Waals surface area (Å²) in [5, 5.41) is 2.91. The molecule has 2 nitrogen and oxygen atoms in total. The molecule has 4 heteroatoms. The highest BCUT2D eigenvalue weighted by Crippen LogP contribution is 2.25. The average Bonchev–Trinajstić information content (AvgIpc) is 2.36. The lowest BCUT2D eigenvalue weighted by Crippen LogP contribution is -2.12. The Morgan fingerprint density at radius 2 is 1.53 bits per heavy atom. The van der Waals surface area contributed by atoms with E-state index in [2.05, 4.69) is 37.2 Å². The summed E-state index contributed by atoms with van der Waals surface area (Å²) < 4.78 is 2.04. The molecule has 0 aliphatic rings. The van der Waals surface area contributed by atoms with Gasteiger partial charge in [0, 0.05) is 20.2 Å². The van der Waals surface area contributed by atoms with Crippen LogP contribution < -0.4 is 5.32 Å². The van der Waals surface area contributed by atoms with E-state index in [0.717, 1.165) is 25.8 Å². The van der Waals surface area contributed by atoms with Crippen molar-refractivity contribution in [2.45, 2.75) is 13.8 Å². The Balaban J connectivity index is 2.22. The molecule has 0 spiro atoms. The molecule has 0 saturated heterocycles. The molecular formula is C15H13Br2NO. The van der Waals surface area contributed by atoms with Crippen molar-refractivity contribution in [1.82, 2.24) is 0 Å². The summed E-state index contributed by atoms with van der Waals surface area (Å²) in [5.74, 6) is -0.103. The fraction of sp³-hybridized carbons (Fsp3) is 0.133. The lowest BCUT2D eigenvalue weighted by atomic mass is 10.1. The molecule has 2 aromatic rings. The number of hydrogen-bond acceptors (Lipinski definition) is 1. The van der Waals surface area contributed by atoms with Crippen molar-refractivity contribution in [2.75, 3.05) is 5.32 Å². The number of benzene rings is 2. The first-order valence-electron chi connectivity index (χ1n) is 5.81. The Morgan fingerprint density at radius 1 is 1.00 bits per heavy atom. The third kappa shape index (κ3) is 3.45. The number of carbonyl (C=O) groups excluding carboxylic acids is 1. The van der Waals surface area contributed by atoms with Crippen LogP contribution in [0.1, 0.15) is 21.5 Å². The lowest BCUT2D eigenvalue weighted by Gasteiger charge is -2.09. The van der Waals surface area contributed by atoms with Crippen LogP contribution in [-0.2, 0) is 0 Å². The fourth-order valence-corrected chi connectivity index (χ4v) is 2.32. The van der Waals surface area contributed by atoms with Crippen LogP contribution in [0.15, 0.2) is 45.3 Å². The Labute approximate surface area is 129 Å². The molecule has 2 rings (SSSR count). The second-order valence-electron chi connectivity index (χ2n) is 4.39. The third-order valence-corrected chi connectivity index (χ3v) is 4.58. The van der Waals surface area contributed by atoms with Crippen LogP contribution in [0, 0.1) is 13.8 Å². The van der Waals surface area contributed by atoms with Crippen LogP contribution in [-0.4, -0.2) is 5.91 Å². The van der Waals surface area contributed by atoms with E-state index in [0.29, 0.717) is 5.56 Å². The molecule has 1 N–H and O–H groups in total. The van der Waals surface area contributed by atoms with Gasteiger partial charge in [-0.05, 0) is 61.4 Å². The second kappa shape index (κ2) is 5.88. The summed E-state index contributed by atoms with van der Waals surface area (Å²) in [7, 11) is 0. The molecule has 19 heavy (non-hydrogen) atoms. The van der Waals surface area contributed by atoms with Crippen LogP contribution in [0.2, 0.25) is 0 Å². The van der Waals surface area contributed by atoms with Crippen molar-refractivity contribution in [3.8, 4) is 0 Å². The number of amides is 1. The maximum atomic E-state index is 12.1. The Kier molecular flexibility index (Phi) is 4.42. The molecule has 0 bridgehead atoms. The first-order valence-corrected chi connectivity index (χ1v) is 7.39. The summed E-state index contributed by atoms with van der Waals surface area (Å²) >= 11 is 6.87. The first kappa shape index (κ1) is 14.3. The van der Waals surface area contributed by atoms with Gasteiger partial charge in [0.25, 0.3) is 5.91 Å². The molecule has 0 aliphatic carbocycles. The normalized spacial score (nSPS) is 10.3. The number of carbonyl (C=O) groups is 1. The Bertz CT molecular complexity index is 598.